The van der Waals surface area contributed by atoms with Crippen molar-refractivity contribution in [1.82, 2.24) is 4.90 Å². The molecule has 28 heavy (non-hydrogen) atoms. The van der Waals surface area contributed by atoms with Gasteiger partial charge < -0.3 is 15.2 Å². The van der Waals surface area contributed by atoms with E-state index in [9.17, 15) is 19.5 Å². The van der Waals surface area contributed by atoms with Crippen LogP contribution in [0.15, 0.2) is 47.4 Å². The SMILES string of the molecule is COc1ccc(NC(=O)CN2C(=O)S/C(=C/c3ccc(O)cc3)C2=O)cc1Cl. The molecule has 2 aromatic rings. The molecule has 2 N–H and O–H groups in total. The molecule has 1 saturated heterocycles. The Morgan fingerprint density at radius 1 is 1.25 bits per heavy atom. The summed E-state index contributed by atoms with van der Waals surface area (Å²) in [5.74, 6) is -0.522. The molecule has 1 aliphatic rings. The van der Waals surface area contributed by atoms with Crippen LogP contribution >= 0.6 is 23.4 Å². The highest BCUT2D eigenvalue weighted by molar-refractivity contribution is 8.18. The number of nitrogens with one attached hydrogen (secondary N) is 1. The second kappa shape index (κ2) is 8.37. The number of rotatable bonds is 5. The van der Waals surface area contributed by atoms with Crippen molar-refractivity contribution in [3.8, 4) is 11.5 Å². The highest BCUT2D eigenvalue weighted by Crippen LogP contribution is 2.32. The second-order valence-corrected chi connectivity index (χ2v) is 7.16. The summed E-state index contributed by atoms with van der Waals surface area (Å²) in [5, 5.41) is 11.7. The smallest absolute Gasteiger partial charge is 0.294 e. The maximum Gasteiger partial charge on any atom is 0.294 e. The fourth-order valence-electron chi connectivity index (χ4n) is 2.45. The molecule has 3 rings (SSSR count). The van der Waals surface area contributed by atoms with Gasteiger partial charge in [0.05, 0.1) is 17.0 Å². The number of nitrogens with zero attached hydrogens (tertiary/aromatic N) is 1. The molecule has 0 aliphatic carbocycles. The van der Waals surface area contributed by atoms with E-state index in [0.29, 0.717) is 22.0 Å². The number of methoxy groups -OCH3 is 1. The Hall–Kier alpha value is -2.97. The number of carbonyl (C=O) groups is 3. The number of carbonyl (C=O) groups excluding carboxylic acids is 3. The predicted molar refractivity (Wildman–Crippen MR) is 107 cm³/mol. The summed E-state index contributed by atoms with van der Waals surface area (Å²) in [7, 11) is 1.48. The lowest BCUT2D eigenvalue weighted by atomic mass is 10.2. The fraction of sp³-hybridized carbons (Fsp3) is 0.105. The summed E-state index contributed by atoms with van der Waals surface area (Å²) in [5.41, 5.74) is 1.07. The fourth-order valence-corrected chi connectivity index (χ4v) is 3.54. The van der Waals surface area contributed by atoms with Gasteiger partial charge in [-0.25, -0.2) is 0 Å². The van der Waals surface area contributed by atoms with Gasteiger partial charge >= 0.3 is 0 Å². The Morgan fingerprint density at radius 3 is 2.61 bits per heavy atom. The number of hydrogen-bond donors (Lipinski definition) is 2. The molecule has 7 nitrogen and oxygen atoms in total. The van der Waals surface area contributed by atoms with Crippen LogP contribution in [0.3, 0.4) is 0 Å². The number of benzene rings is 2. The van der Waals surface area contributed by atoms with E-state index in [1.165, 1.54) is 31.4 Å². The van der Waals surface area contributed by atoms with Crippen LogP contribution in [-0.2, 0) is 9.59 Å². The van der Waals surface area contributed by atoms with E-state index in [-0.39, 0.29) is 10.7 Å². The molecule has 0 aromatic heterocycles. The van der Waals surface area contributed by atoms with Crippen molar-refractivity contribution in [2.75, 3.05) is 19.0 Å². The average molecular weight is 419 g/mol. The van der Waals surface area contributed by atoms with Crippen LogP contribution in [0, 0.1) is 0 Å². The van der Waals surface area contributed by atoms with Crippen molar-refractivity contribution in [2.45, 2.75) is 0 Å². The van der Waals surface area contributed by atoms with E-state index in [2.05, 4.69) is 5.32 Å². The zero-order valence-corrected chi connectivity index (χ0v) is 16.2. The molecule has 9 heteroatoms. The number of phenolic OH excluding ortho intramolecular Hbond substituents is 1. The van der Waals surface area contributed by atoms with Gasteiger partial charge in [-0.2, -0.15) is 0 Å². The lowest BCUT2D eigenvalue weighted by Gasteiger charge is -2.13. The van der Waals surface area contributed by atoms with Crippen molar-refractivity contribution in [2.24, 2.45) is 0 Å². The van der Waals surface area contributed by atoms with E-state index in [0.717, 1.165) is 16.7 Å². The average Bonchev–Trinajstić information content (AvgIpc) is 2.91. The molecule has 0 unspecified atom stereocenters. The van der Waals surface area contributed by atoms with Crippen molar-refractivity contribution in [3.63, 3.8) is 0 Å². The zero-order chi connectivity index (χ0) is 20.3. The topological polar surface area (TPSA) is 95.9 Å². The van der Waals surface area contributed by atoms with Gasteiger partial charge in [0.25, 0.3) is 11.1 Å². The summed E-state index contributed by atoms with van der Waals surface area (Å²) in [4.78, 5) is 37.9. The summed E-state index contributed by atoms with van der Waals surface area (Å²) in [6.45, 7) is -0.415. The summed E-state index contributed by atoms with van der Waals surface area (Å²) < 4.78 is 5.04. The van der Waals surface area contributed by atoms with Crippen molar-refractivity contribution in [1.29, 1.82) is 0 Å². The lowest BCUT2D eigenvalue weighted by molar-refractivity contribution is -0.127. The van der Waals surface area contributed by atoms with E-state index in [1.54, 1.807) is 24.3 Å². The standard InChI is InChI=1S/C19H15ClN2O5S/c1-27-15-7-4-12(9-14(15)20)21-17(24)10-22-18(25)16(28-19(22)26)8-11-2-5-13(23)6-3-11/h2-9,23H,10H2,1H3,(H,21,24)/b16-8+. The highest BCUT2D eigenvalue weighted by atomic mass is 35.5. The number of hydrogen-bond acceptors (Lipinski definition) is 6. The predicted octanol–water partition coefficient (Wildman–Crippen LogP) is 3.73. The van der Waals surface area contributed by atoms with Gasteiger partial charge in [0, 0.05) is 5.69 Å². The molecule has 0 radical (unpaired) electrons. The van der Waals surface area contributed by atoms with Crippen molar-refractivity contribution >= 4 is 52.2 Å². The first-order valence-electron chi connectivity index (χ1n) is 8.05. The van der Waals surface area contributed by atoms with Crippen LogP contribution in [0.1, 0.15) is 5.56 Å². The number of thioether (sulfide) groups is 1. The Morgan fingerprint density at radius 2 is 1.96 bits per heavy atom. The first-order chi connectivity index (χ1) is 13.4. The minimum absolute atomic E-state index is 0.0977. The molecule has 0 saturated carbocycles. The van der Waals surface area contributed by atoms with Crippen LogP contribution in [-0.4, -0.2) is 40.7 Å². The lowest BCUT2D eigenvalue weighted by Crippen LogP contribution is -2.36. The van der Waals surface area contributed by atoms with Crippen LogP contribution in [0.4, 0.5) is 10.5 Å². The van der Waals surface area contributed by atoms with Gasteiger partial charge in [-0.3, -0.25) is 19.3 Å². The van der Waals surface area contributed by atoms with Crippen molar-refractivity contribution < 1.29 is 24.2 Å². The molecule has 0 bridgehead atoms. The Kier molecular flexibility index (Phi) is 5.91. The number of phenols is 1. The van der Waals surface area contributed by atoms with E-state index in [4.69, 9.17) is 16.3 Å². The summed E-state index contributed by atoms with van der Waals surface area (Å²) in [6, 6.07) is 10.9. The molecule has 2 aromatic carbocycles. The third kappa shape index (κ3) is 4.47. The maximum atomic E-state index is 12.5. The van der Waals surface area contributed by atoms with Crippen LogP contribution < -0.4 is 10.1 Å². The highest BCUT2D eigenvalue weighted by Gasteiger charge is 2.36. The molecular formula is C19H15ClN2O5S. The molecular weight excluding hydrogens is 404 g/mol. The Balaban J connectivity index is 1.67. The maximum absolute atomic E-state index is 12.5. The molecule has 0 spiro atoms. The van der Waals surface area contributed by atoms with Crippen LogP contribution in [0.2, 0.25) is 5.02 Å². The van der Waals surface area contributed by atoms with E-state index >= 15 is 0 Å². The Labute approximate surface area is 169 Å². The largest absolute Gasteiger partial charge is 0.508 e. The van der Waals surface area contributed by atoms with E-state index < -0.39 is 23.6 Å². The van der Waals surface area contributed by atoms with Gasteiger partial charge in [0.1, 0.15) is 18.0 Å². The van der Waals surface area contributed by atoms with Gasteiger partial charge in [-0.05, 0) is 53.7 Å². The molecule has 3 amide bonds. The number of imide groups is 1. The van der Waals surface area contributed by atoms with Gasteiger partial charge in [-0.1, -0.05) is 23.7 Å². The number of halogens is 1. The van der Waals surface area contributed by atoms with Crippen LogP contribution in [0.25, 0.3) is 6.08 Å². The Bertz CT molecular complexity index is 975. The van der Waals surface area contributed by atoms with Crippen molar-refractivity contribution in [3.05, 3.63) is 58.0 Å². The minimum Gasteiger partial charge on any atom is -0.508 e. The molecule has 1 aliphatic heterocycles. The third-order valence-corrected chi connectivity index (χ3v) is 5.00. The van der Waals surface area contributed by atoms with Crippen LogP contribution in [0.5, 0.6) is 11.5 Å². The summed E-state index contributed by atoms with van der Waals surface area (Å²) in [6.07, 6.45) is 1.53. The van der Waals surface area contributed by atoms with E-state index in [1.807, 2.05) is 0 Å². The van der Waals surface area contributed by atoms with Gasteiger partial charge in [0.2, 0.25) is 5.91 Å². The van der Waals surface area contributed by atoms with Gasteiger partial charge in [-0.15, -0.1) is 0 Å². The first-order valence-corrected chi connectivity index (χ1v) is 9.24. The molecule has 0 atom stereocenters. The quantitative estimate of drug-likeness (QED) is 0.718. The number of anilines is 1. The van der Waals surface area contributed by atoms with Gasteiger partial charge in [0.15, 0.2) is 0 Å². The zero-order valence-electron chi connectivity index (χ0n) is 14.6. The first kappa shape index (κ1) is 19.8. The normalized spacial score (nSPS) is 15.2. The number of ether oxygens (including phenoxy) is 1. The molecule has 1 fully saturated rings. The monoisotopic (exact) mass is 418 g/mol. The number of amides is 3. The summed E-state index contributed by atoms with van der Waals surface area (Å²) >= 11 is 6.77. The molecule has 144 valence electrons. The molecule has 1 heterocycles. The second-order valence-electron chi connectivity index (χ2n) is 5.76. The third-order valence-electron chi connectivity index (χ3n) is 3.80. The minimum atomic E-state index is -0.550. The number of aromatic hydroxyl groups is 1.